The van der Waals surface area contributed by atoms with Gasteiger partial charge < -0.3 is 33.8 Å². The van der Waals surface area contributed by atoms with Crippen molar-refractivity contribution in [3.05, 3.63) is 0 Å². The standard InChI is InChI=1S/C70H136O17P2/c1-7-9-11-13-15-17-18-19-20-21-22-23-24-25-26-27-28-29-35-42-48-54-69(74)86-65(58-81-68(73)53-47-41-34-31-30-32-38-44-50-62(3)4)60-84-88(76,77)82-56-64(71)57-83-89(78,79)85-61-66(59-80-67(72)52-46-40-33-16-14-12-10-8-2)87-70(75)55-49-43-37-36-39-45-51-63(5)6/h62-66,71H,7-61H2,1-6H3,(H,76,77)(H,78,79)/t64-,65-,66-/m1/s1. The van der Waals surface area contributed by atoms with Crippen LogP contribution in [0.1, 0.15) is 356 Å². The van der Waals surface area contributed by atoms with Crippen molar-refractivity contribution < 1.29 is 80.2 Å². The van der Waals surface area contributed by atoms with E-state index in [9.17, 15) is 43.2 Å². The fourth-order valence-electron chi connectivity index (χ4n) is 10.6. The second-order valence-electron chi connectivity index (χ2n) is 26.2. The van der Waals surface area contributed by atoms with Crippen LogP contribution in [-0.4, -0.2) is 96.7 Å². The van der Waals surface area contributed by atoms with E-state index in [0.717, 1.165) is 102 Å². The monoisotopic (exact) mass is 1310 g/mol. The summed E-state index contributed by atoms with van der Waals surface area (Å²) >= 11 is 0. The summed E-state index contributed by atoms with van der Waals surface area (Å²) in [7, 11) is -9.89. The Kier molecular flexibility index (Phi) is 60.8. The lowest BCUT2D eigenvalue weighted by atomic mass is 10.0. The number of hydrogen-bond acceptors (Lipinski definition) is 15. The lowest BCUT2D eigenvalue weighted by molar-refractivity contribution is -0.161. The van der Waals surface area contributed by atoms with Gasteiger partial charge in [0.05, 0.1) is 26.4 Å². The zero-order chi connectivity index (χ0) is 65.7. The number of unbranched alkanes of at least 4 members (excludes halogenated alkanes) is 39. The number of rotatable bonds is 69. The van der Waals surface area contributed by atoms with E-state index in [0.29, 0.717) is 31.6 Å². The molecular formula is C70H136O17P2. The van der Waals surface area contributed by atoms with Crippen molar-refractivity contribution in [2.75, 3.05) is 39.6 Å². The van der Waals surface area contributed by atoms with E-state index in [1.165, 1.54) is 167 Å². The Morgan fingerprint density at radius 3 is 0.764 bits per heavy atom. The molecule has 0 aromatic carbocycles. The first-order valence-electron chi connectivity index (χ1n) is 36.5. The maximum absolute atomic E-state index is 13.0. The normalized spacial score (nSPS) is 14.1. The highest BCUT2D eigenvalue weighted by Gasteiger charge is 2.30. The summed E-state index contributed by atoms with van der Waals surface area (Å²) in [6, 6.07) is 0. The third-order valence-corrected chi connectivity index (χ3v) is 18.1. The molecule has 0 spiro atoms. The highest BCUT2D eigenvalue weighted by Crippen LogP contribution is 2.45. The number of esters is 4. The molecule has 0 fully saturated rings. The van der Waals surface area contributed by atoms with E-state index in [4.69, 9.17) is 37.0 Å². The molecule has 19 heteroatoms. The van der Waals surface area contributed by atoms with Crippen LogP contribution in [0.25, 0.3) is 0 Å². The predicted molar refractivity (Wildman–Crippen MR) is 358 cm³/mol. The fraction of sp³-hybridized carbons (Fsp3) is 0.943. The fourth-order valence-corrected chi connectivity index (χ4v) is 12.2. The number of phosphoric ester groups is 2. The van der Waals surface area contributed by atoms with Gasteiger partial charge in [-0.05, 0) is 37.5 Å². The molecule has 0 amide bonds. The average molecular weight is 1310 g/mol. The minimum Gasteiger partial charge on any atom is -0.462 e. The van der Waals surface area contributed by atoms with Crippen LogP contribution in [-0.2, 0) is 65.4 Å². The first kappa shape index (κ1) is 87.1. The van der Waals surface area contributed by atoms with Crippen LogP contribution in [0.5, 0.6) is 0 Å². The zero-order valence-electron chi connectivity index (χ0n) is 57.7. The van der Waals surface area contributed by atoms with Crippen molar-refractivity contribution in [3.8, 4) is 0 Å². The van der Waals surface area contributed by atoms with Crippen LogP contribution in [0.3, 0.4) is 0 Å². The Morgan fingerprint density at radius 2 is 0.517 bits per heavy atom. The predicted octanol–water partition coefficient (Wildman–Crippen LogP) is 20.0. The number of ether oxygens (including phenoxy) is 4. The van der Waals surface area contributed by atoms with Crippen molar-refractivity contribution in [3.63, 3.8) is 0 Å². The maximum atomic E-state index is 13.0. The molecule has 0 saturated heterocycles. The van der Waals surface area contributed by atoms with Crippen molar-refractivity contribution in [2.45, 2.75) is 374 Å². The Balaban J connectivity index is 5.13. The van der Waals surface area contributed by atoms with Crippen molar-refractivity contribution in [2.24, 2.45) is 11.8 Å². The molecule has 3 N–H and O–H groups in total. The Bertz CT molecular complexity index is 1730. The third-order valence-electron chi connectivity index (χ3n) is 16.2. The van der Waals surface area contributed by atoms with Gasteiger partial charge in [0.2, 0.25) is 0 Å². The lowest BCUT2D eigenvalue weighted by Crippen LogP contribution is -2.30. The van der Waals surface area contributed by atoms with Crippen molar-refractivity contribution in [1.82, 2.24) is 0 Å². The smallest absolute Gasteiger partial charge is 0.462 e. The van der Waals surface area contributed by atoms with Crippen LogP contribution in [0.15, 0.2) is 0 Å². The van der Waals surface area contributed by atoms with Crippen LogP contribution in [0.2, 0.25) is 0 Å². The number of phosphoric acid groups is 2. The quantitative estimate of drug-likeness (QED) is 0.0222. The molecule has 5 atom stereocenters. The molecule has 89 heavy (non-hydrogen) atoms. The van der Waals surface area contributed by atoms with E-state index in [1.807, 2.05) is 0 Å². The Morgan fingerprint density at radius 1 is 0.303 bits per heavy atom. The first-order chi connectivity index (χ1) is 42.9. The van der Waals surface area contributed by atoms with Gasteiger partial charge in [-0.2, -0.15) is 0 Å². The van der Waals surface area contributed by atoms with Gasteiger partial charge in [0.25, 0.3) is 0 Å². The number of carbonyl (C=O) groups is 4. The van der Waals surface area contributed by atoms with Gasteiger partial charge in [0, 0.05) is 25.7 Å². The summed E-state index contributed by atoms with van der Waals surface area (Å²) in [4.78, 5) is 72.3. The van der Waals surface area contributed by atoms with E-state index in [2.05, 4.69) is 41.5 Å². The van der Waals surface area contributed by atoms with E-state index in [1.54, 1.807) is 0 Å². The number of aliphatic hydroxyl groups excluding tert-OH is 1. The molecule has 0 radical (unpaired) electrons. The zero-order valence-corrected chi connectivity index (χ0v) is 59.5. The van der Waals surface area contributed by atoms with Gasteiger partial charge in [-0.1, -0.05) is 305 Å². The van der Waals surface area contributed by atoms with Crippen LogP contribution < -0.4 is 0 Å². The van der Waals surface area contributed by atoms with Crippen molar-refractivity contribution in [1.29, 1.82) is 0 Å². The van der Waals surface area contributed by atoms with Crippen LogP contribution in [0, 0.1) is 11.8 Å². The highest BCUT2D eigenvalue weighted by molar-refractivity contribution is 7.47. The first-order valence-corrected chi connectivity index (χ1v) is 39.5. The van der Waals surface area contributed by atoms with E-state index < -0.39 is 97.5 Å². The SMILES string of the molecule is CCCCCCCCCCCCCCCCCCCCCCCC(=O)O[C@H](COC(=O)CCCCCCCCCCC(C)C)COP(=O)(O)OC[C@@H](O)COP(=O)(O)OC[C@@H](COC(=O)CCCCCCCCCC)OC(=O)CCCCCCCCC(C)C. The summed E-state index contributed by atoms with van der Waals surface area (Å²) in [6.45, 7) is 9.38. The topological polar surface area (TPSA) is 237 Å². The molecule has 0 bridgehead atoms. The Labute approximate surface area is 543 Å². The van der Waals surface area contributed by atoms with Gasteiger partial charge in [0.15, 0.2) is 12.2 Å². The molecule has 0 aromatic rings. The summed E-state index contributed by atoms with van der Waals surface area (Å²) in [5.74, 6) is -0.738. The highest BCUT2D eigenvalue weighted by atomic mass is 31.2. The van der Waals surface area contributed by atoms with Gasteiger partial charge in [-0.15, -0.1) is 0 Å². The summed E-state index contributed by atoms with van der Waals surface area (Å²) < 4.78 is 68.1. The molecule has 2 unspecified atom stereocenters. The molecule has 0 aliphatic rings. The van der Waals surface area contributed by atoms with E-state index >= 15 is 0 Å². The van der Waals surface area contributed by atoms with Gasteiger partial charge >= 0.3 is 39.5 Å². The molecule has 528 valence electrons. The van der Waals surface area contributed by atoms with Crippen molar-refractivity contribution >= 4 is 39.5 Å². The molecule has 0 aromatic heterocycles. The Hall–Kier alpha value is -1.94. The summed E-state index contributed by atoms with van der Waals surface area (Å²) in [5, 5.41) is 10.6. The molecule has 0 heterocycles. The summed E-state index contributed by atoms with van der Waals surface area (Å²) in [5.41, 5.74) is 0. The van der Waals surface area contributed by atoms with Gasteiger partial charge in [-0.25, -0.2) is 9.13 Å². The summed E-state index contributed by atoms with van der Waals surface area (Å²) in [6.07, 6.45) is 47.7. The average Bonchev–Trinajstić information content (AvgIpc) is 3.67. The number of carbonyl (C=O) groups excluding carboxylic acids is 4. The largest absolute Gasteiger partial charge is 0.472 e. The number of hydrogen-bond donors (Lipinski definition) is 3. The minimum atomic E-state index is -4.95. The van der Waals surface area contributed by atoms with Crippen LogP contribution >= 0.6 is 15.6 Å². The molecule has 17 nitrogen and oxygen atoms in total. The second kappa shape index (κ2) is 62.2. The molecular weight excluding hydrogens is 1170 g/mol. The molecule has 0 rings (SSSR count). The lowest BCUT2D eigenvalue weighted by Gasteiger charge is -2.21. The van der Waals surface area contributed by atoms with E-state index in [-0.39, 0.29) is 25.7 Å². The minimum absolute atomic E-state index is 0.102. The third kappa shape index (κ3) is 64.6. The second-order valence-corrected chi connectivity index (χ2v) is 29.1. The van der Waals surface area contributed by atoms with Gasteiger partial charge in [0.1, 0.15) is 19.3 Å². The number of aliphatic hydroxyl groups is 1. The van der Waals surface area contributed by atoms with Gasteiger partial charge in [-0.3, -0.25) is 37.3 Å². The maximum Gasteiger partial charge on any atom is 0.472 e. The van der Waals surface area contributed by atoms with Crippen LogP contribution in [0.4, 0.5) is 0 Å². The molecule has 0 aliphatic carbocycles. The molecule has 0 saturated carbocycles. The molecule has 0 aliphatic heterocycles.